The number of carbonyl (C=O) groups is 2. The number of carboxylic acids is 1. The van der Waals surface area contributed by atoms with Gasteiger partial charge in [0.1, 0.15) is 28.9 Å². The van der Waals surface area contributed by atoms with E-state index in [2.05, 4.69) is 0 Å². The molecule has 190 valence electrons. The van der Waals surface area contributed by atoms with Crippen molar-refractivity contribution in [1.29, 1.82) is 0 Å². The number of rotatable bonds is 13. The quantitative estimate of drug-likeness (QED) is 0.251. The minimum absolute atomic E-state index is 0.0319. The second-order valence-corrected chi connectivity index (χ2v) is 7.40. The summed E-state index contributed by atoms with van der Waals surface area (Å²) in [7, 11) is 4.26. The molecule has 3 rings (SSSR count). The van der Waals surface area contributed by atoms with Crippen LogP contribution in [0.1, 0.15) is 50.8 Å². The van der Waals surface area contributed by atoms with Crippen LogP contribution in [0.3, 0.4) is 0 Å². The van der Waals surface area contributed by atoms with Crippen molar-refractivity contribution in [1.82, 2.24) is 0 Å². The molecule has 1 aliphatic rings. The van der Waals surface area contributed by atoms with Gasteiger partial charge in [0, 0.05) is 21.3 Å². The van der Waals surface area contributed by atoms with Crippen molar-refractivity contribution < 1.29 is 52.9 Å². The third kappa shape index (κ3) is 6.47. The van der Waals surface area contributed by atoms with Gasteiger partial charge in [-0.15, -0.1) is 0 Å². The molecule has 11 nitrogen and oxygen atoms in total. The number of aromatic carboxylic acids is 1. The summed E-state index contributed by atoms with van der Waals surface area (Å²) in [5, 5.41) is 9.56. The number of benzene rings is 2. The fraction of sp³-hybridized carbons (Fsp3) is 0.417. The van der Waals surface area contributed by atoms with E-state index in [-0.39, 0.29) is 54.3 Å². The minimum atomic E-state index is -1.23. The molecule has 1 saturated heterocycles. The van der Waals surface area contributed by atoms with E-state index in [4.69, 9.17) is 38.2 Å². The molecule has 11 heteroatoms. The zero-order valence-corrected chi connectivity index (χ0v) is 19.7. The molecular weight excluding hydrogens is 464 g/mol. The lowest BCUT2D eigenvalue weighted by Gasteiger charge is -2.25. The van der Waals surface area contributed by atoms with Gasteiger partial charge in [0.2, 0.25) is 5.78 Å². The van der Waals surface area contributed by atoms with Gasteiger partial charge in [0.25, 0.3) is 0 Å². The Morgan fingerprint density at radius 1 is 0.914 bits per heavy atom. The number of ether oxygens (including phenoxy) is 6. The van der Waals surface area contributed by atoms with Crippen molar-refractivity contribution in [2.45, 2.75) is 18.9 Å². The highest BCUT2D eigenvalue weighted by atomic mass is 17.2. The van der Waals surface area contributed by atoms with Crippen molar-refractivity contribution in [2.75, 3.05) is 48.3 Å². The molecule has 1 heterocycles. The second kappa shape index (κ2) is 13.0. The van der Waals surface area contributed by atoms with E-state index in [1.807, 2.05) is 0 Å². The van der Waals surface area contributed by atoms with Crippen LogP contribution in [0.4, 0.5) is 0 Å². The van der Waals surface area contributed by atoms with Crippen LogP contribution in [0.15, 0.2) is 30.3 Å². The van der Waals surface area contributed by atoms with Gasteiger partial charge in [-0.25, -0.2) is 14.6 Å². The minimum Gasteiger partial charge on any atom is -0.478 e. The summed E-state index contributed by atoms with van der Waals surface area (Å²) in [4.78, 5) is 36.5. The highest BCUT2D eigenvalue weighted by Crippen LogP contribution is 2.40. The summed E-state index contributed by atoms with van der Waals surface area (Å²) >= 11 is 0. The number of ketones is 1. The van der Waals surface area contributed by atoms with Gasteiger partial charge in [-0.05, 0) is 36.6 Å². The van der Waals surface area contributed by atoms with E-state index >= 15 is 0 Å². The smallest absolute Gasteiger partial charge is 0.335 e. The van der Waals surface area contributed by atoms with Crippen LogP contribution in [0.5, 0.6) is 17.2 Å². The Hall–Kier alpha value is -3.22. The maximum absolute atomic E-state index is 14.1. The average molecular weight is 492 g/mol. The van der Waals surface area contributed by atoms with Gasteiger partial charge in [-0.1, -0.05) is 12.1 Å². The Morgan fingerprint density at radius 2 is 1.51 bits per heavy atom. The van der Waals surface area contributed by atoms with Gasteiger partial charge < -0.3 is 33.5 Å². The predicted molar refractivity (Wildman–Crippen MR) is 120 cm³/mol. The molecule has 0 spiro atoms. The number of carbonyl (C=O) groups excluding carboxylic acids is 1. The first-order valence-electron chi connectivity index (χ1n) is 10.7. The topological polar surface area (TPSA) is 128 Å². The first-order valence-corrected chi connectivity index (χ1v) is 10.7. The summed E-state index contributed by atoms with van der Waals surface area (Å²) < 4.78 is 31.9. The number of hydrogen-bond acceptors (Lipinski definition) is 10. The number of carboxylic acid groups (broad SMARTS) is 1. The van der Waals surface area contributed by atoms with Crippen LogP contribution >= 0.6 is 0 Å². The first kappa shape index (κ1) is 26.4. The molecule has 0 aromatic heterocycles. The summed E-state index contributed by atoms with van der Waals surface area (Å²) in [6, 6.07) is 7.55. The average Bonchev–Trinajstić information content (AvgIpc) is 2.88. The maximum Gasteiger partial charge on any atom is 0.335 e. The van der Waals surface area contributed by atoms with Crippen molar-refractivity contribution in [2.24, 2.45) is 0 Å². The monoisotopic (exact) mass is 492 g/mol. The fourth-order valence-corrected chi connectivity index (χ4v) is 3.55. The molecule has 0 radical (unpaired) electrons. The molecule has 1 N–H and O–H groups in total. The summed E-state index contributed by atoms with van der Waals surface area (Å²) in [5.74, 6) is -1.63. The van der Waals surface area contributed by atoms with Crippen molar-refractivity contribution >= 4 is 11.8 Å². The Kier molecular flexibility index (Phi) is 9.82. The van der Waals surface area contributed by atoms with Gasteiger partial charge in [-0.2, -0.15) is 0 Å². The molecule has 0 saturated carbocycles. The van der Waals surface area contributed by atoms with E-state index in [0.29, 0.717) is 18.6 Å². The summed E-state index contributed by atoms with van der Waals surface area (Å²) in [6.07, 6.45) is 0.823. The molecule has 2 aromatic carbocycles. The second-order valence-electron chi connectivity index (χ2n) is 7.40. The molecule has 1 atom stereocenters. The molecule has 0 bridgehead atoms. The molecule has 1 aliphatic heterocycles. The number of hydrogen-bond donors (Lipinski definition) is 1. The standard InChI is InChI=1S/C24H28O11/c1-28-12-31-18-7-4-6-16(17-8-5-9-34-35-17)21(18)23(25)22-19(32-13-29-2)10-15(24(26)27)11-20(22)33-14-30-3/h4,6-7,10-11,17H,5,8-9,12-14H2,1-3H3,(H,26,27). The van der Waals surface area contributed by atoms with Crippen molar-refractivity contribution in [3.63, 3.8) is 0 Å². The predicted octanol–water partition coefficient (Wildman–Crippen LogP) is 3.35. The molecule has 2 aromatic rings. The largest absolute Gasteiger partial charge is 0.478 e. The Bertz CT molecular complexity index is 986. The Morgan fingerprint density at radius 3 is 2.03 bits per heavy atom. The van der Waals surface area contributed by atoms with Gasteiger partial charge in [0.05, 0.1) is 17.7 Å². The zero-order chi connectivity index (χ0) is 25.2. The lowest BCUT2D eigenvalue weighted by atomic mass is 9.91. The maximum atomic E-state index is 14.1. The highest BCUT2D eigenvalue weighted by molar-refractivity contribution is 6.15. The van der Waals surface area contributed by atoms with Crippen molar-refractivity contribution in [3.8, 4) is 17.2 Å². The molecule has 35 heavy (non-hydrogen) atoms. The third-order valence-electron chi connectivity index (χ3n) is 5.05. The Balaban J connectivity index is 2.21. The molecule has 1 fully saturated rings. The molecule has 1 unspecified atom stereocenters. The first-order chi connectivity index (χ1) is 17.0. The van der Waals surface area contributed by atoms with Crippen LogP contribution in [0, 0.1) is 0 Å². The van der Waals surface area contributed by atoms with E-state index in [1.165, 1.54) is 33.5 Å². The fourth-order valence-electron chi connectivity index (χ4n) is 3.55. The zero-order valence-electron chi connectivity index (χ0n) is 19.7. The molecule has 0 aliphatic carbocycles. The van der Waals surface area contributed by atoms with Crippen LogP contribution in [0.25, 0.3) is 0 Å². The summed E-state index contributed by atoms with van der Waals surface area (Å²) in [5.41, 5.74) is 0.524. The van der Waals surface area contributed by atoms with Gasteiger partial charge in [0.15, 0.2) is 20.4 Å². The SMILES string of the molecule is COCOc1cc(C(=O)O)cc(OCOC)c1C(=O)c1c(OCOC)cccc1C1CCCOO1. The third-order valence-corrected chi connectivity index (χ3v) is 5.05. The van der Waals surface area contributed by atoms with E-state index in [0.717, 1.165) is 6.42 Å². The van der Waals surface area contributed by atoms with E-state index in [9.17, 15) is 14.7 Å². The lowest BCUT2D eigenvalue weighted by molar-refractivity contribution is -0.348. The normalized spacial score (nSPS) is 15.5. The summed E-state index contributed by atoms with van der Waals surface area (Å²) in [6.45, 7) is -0.132. The molecular formula is C24H28O11. The van der Waals surface area contributed by atoms with E-state index < -0.39 is 17.9 Å². The van der Waals surface area contributed by atoms with Crippen molar-refractivity contribution in [3.05, 3.63) is 52.6 Å². The van der Waals surface area contributed by atoms with Crippen LogP contribution in [-0.2, 0) is 24.0 Å². The Labute approximate surface area is 202 Å². The van der Waals surface area contributed by atoms with Gasteiger partial charge in [-0.3, -0.25) is 4.79 Å². The lowest BCUT2D eigenvalue weighted by Crippen LogP contribution is -2.19. The number of methoxy groups -OCH3 is 3. The molecule has 0 amide bonds. The van der Waals surface area contributed by atoms with Gasteiger partial charge >= 0.3 is 5.97 Å². The van der Waals surface area contributed by atoms with Crippen LogP contribution in [-0.4, -0.2) is 65.2 Å². The van der Waals surface area contributed by atoms with E-state index in [1.54, 1.807) is 18.2 Å². The highest BCUT2D eigenvalue weighted by Gasteiger charge is 2.31. The van der Waals surface area contributed by atoms with Crippen LogP contribution in [0.2, 0.25) is 0 Å². The van der Waals surface area contributed by atoms with Crippen LogP contribution < -0.4 is 14.2 Å².